The second-order valence-corrected chi connectivity index (χ2v) is 6.02. The first-order valence-electron chi connectivity index (χ1n) is 8.64. The smallest absolute Gasteiger partial charge is 0.267 e. The van der Waals surface area contributed by atoms with Crippen LogP contribution in [0.2, 0.25) is 0 Å². The van der Waals surface area contributed by atoms with E-state index in [1.807, 2.05) is 12.1 Å². The molecule has 3 heterocycles. The molecule has 0 aliphatic rings. The molecule has 0 fully saturated rings. The molecule has 26 heavy (non-hydrogen) atoms. The predicted molar refractivity (Wildman–Crippen MR) is 101 cm³/mol. The molecule has 0 radical (unpaired) electrons. The second kappa shape index (κ2) is 8.24. The second-order valence-electron chi connectivity index (χ2n) is 6.02. The van der Waals surface area contributed by atoms with Crippen LogP contribution in [-0.4, -0.2) is 32.4 Å². The third-order valence-electron chi connectivity index (χ3n) is 4.03. The Morgan fingerprint density at radius 3 is 2.96 bits per heavy atom. The van der Waals surface area contributed by atoms with Crippen LogP contribution < -0.4 is 11.1 Å². The maximum absolute atomic E-state index is 12.3. The normalized spacial score (nSPS) is 10.7. The van der Waals surface area contributed by atoms with Crippen molar-refractivity contribution in [3.8, 4) is 11.3 Å². The van der Waals surface area contributed by atoms with Crippen LogP contribution in [0.4, 0.5) is 5.95 Å². The van der Waals surface area contributed by atoms with Crippen molar-refractivity contribution in [3.05, 3.63) is 59.8 Å². The maximum atomic E-state index is 12.3. The lowest BCUT2D eigenvalue weighted by Gasteiger charge is -2.06. The molecule has 7 nitrogen and oxygen atoms in total. The number of nitrogens with zero attached hydrogens (tertiary/aromatic N) is 3. The highest BCUT2D eigenvalue weighted by Crippen LogP contribution is 2.23. The number of carbonyl (C=O) groups excluding carboxylic acids is 1. The van der Waals surface area contributed by atoms with Crippen LogP contribution in [0.15, 0.2) is 43.0 Å². The lowest BCUT2D eigenvalue weighted by atomic mass is 10.1. The van der Waals surface area contributed by atoms with E-state index >= 15 is 0 Å². The van der Waals surface area contributed by atoms with Crippen LogP contribution in [0, 0.1) is 0 Å². The van der Waals surface area contributed by atoms with Gasteiger partial charge in [0.05, 0.1) is 5.69 Å². The SMILES string of the molecule is CCCc1cnc(N)nc1-c1c[nH]c(C(=O)NCCc2cccnc2)c1. The van der Waals surface area contributed by atoms with Gasteiger partial charge in [0.2, 0.25) is 5.95 Å². The van der Waals surface area contributed by atoms with Crippen LogP contribution in [0.3, 0.4) is 0 Å². The number of pyridine rings is 1. The number of amides is 1. The van der Waals surface area contributed by atoms with Crippen molar-refractivity contribution in [1.82, 2.24) is 25.3 Å². The number of nitrogen functional groups attached to an aromatic ring is 1. The van der Waals surface area contributed by atoms with Crippen LogP contribution >= 0.6 is 0 Å². The summed E-state index contributed by atoms with van der Waals surface area (Å²) in [7, 11) is 0. The zero-order valence-electron chi connectivity index (χ0n) is 14.7. The monoisotopic (exact) mass is 350 g/mol. The lowest BCUT2D eigenvalue weighted by molar-refractivity contribution is 0.0950. The number of hydrogen-bond acceptors (Lipinski definition) is 5. The number of anilines is 1. The van der Waals surface area contributed by atoms with Crippen LogP contribution in [0.25, 0.3) is 11.3 Å². The first-order valence-corrected chi connectivity index (χ1v) is 8.64. The summed E-state index contributed by atoms with van der Waals surface area (Å²) in [5.74, 6) is 0.0720. The average Bonchev–Trinajstić information content (AvgIpc) is 3.14. The number of H-pyrrole nitrogens is 1. The summed E-state index contributed by atoms with van der Waals surface area (Å²) < 4.78 is 0. The molecule has 7 heteroatoms. The molecule has 3 aromatic rings. The molecule has 0 atom stereocenters. The molecule has 0 unspecified atom stereocenters. The van der Waals surface area contributed by atoms with Crippen molar-refractivity contribution < 1.29 is 4.79 Å². The zero-order valence-corrected chi connectivity index (χ0v) is 14.7. The molecule has 3 aromatic heterocycles. The molecule has 4 N–H and O–H groups in total. The van der Waals surface area contributed by atoms with E-state index in [1.165, 1.54) is 0 Å². The summed E-state index contributed by atoms with van der Waals surface area (Å²) in [6.07, 6.45) is 9.62. The zero-order chi connectivity index (χ0) is 18.4. The molecule has 134 valence electrons. The summed E-state index contributed by atoms with van der Waals surface area (Å²) in [5, 5.41) is 2.91. The highest BCUT2D eigenvalue weighted by Gasteiger charge is 2.13. The number of rotatable bonds is 7. The number of aromatic nitrogens is 4. The Balaban J connectivity index is 1.67. The number of nitrogens with two attached hydrogens (primary N) is 1. The van der Waals surface area contributed by atoms with Gasteiger partial charge in [0.25, 0.3) is 5.91 Å². The minimum Gasteiger partial charge on any atom is -0.368 e. The highest BCUT2D eigenvalue weighted by atomic mass is 16.1. The van der Waals surface area contributed by atoms with Crippen molar-refractivity contribution in [2.75, 3.05) is 12.3 Å². The van der Waals surface area contributed by atoms with Gasteiger partial charge in [-0.2, -0.15) is 0 Å². The molecule has 0 aromatic carbocycles. The van der Waals surface area contributed by atoms with E-state index in [0.717, 1.165) is 41.6 Å². The highest BCUT2D eigenvalue weighted by molar-refractivity contribution is 5.93. The predicted octanol–water partition coefficient (Wildman–Crippen LogP) is 2.37. The first-order chi connectivity index (χ1) is 12.7. The first kappa shape index (κ1) is 17.6. The van der Waals surface area contributed by atoms with Gasteiger partial charge < -0.3 is 16.0 Å². The average molecular weight is 350 g/mol. The Hall–Kier alpha value is -3.22. The Bertz CT molecular complexity index is 875. The summed E-state index contributed by atoms with van der Waals surface area (Å²) in [4.78, 5) is 27.8. The van der Waals surface area contributed by atoms with Gasteiger partial charge in [-0.25, -0.2) is 9.97 Å². The Morgan fingerprint density at radius 2 is 2.19 bits per heavy atom. The van der Waals surface area contributed by atoms with Crippen molar-refractivity contribution >= 4 is 11.9 Å². The van der Waals surface area contributed by atoms with E-state index in [1.54, 1.807) is 30.9 Å². The van der Waals surface area contributed by atoms with Gasteiger partial charge >= 0.3 is 0 Å². The van der Waals surface area contributed by atoms with E-state index in [2.05, 4.69) is 32.2 Å². The van der Waals surface area contributed by atoms with Crippen molar-refractivity contribution in [2.45, 2.75) is 26.2 Å². The van der Waals surface area contributed by atoms with Gasteiger partial charge in [-0.1, -0.05) is 19.4 Å². The van der Waals surface area contributed by atoms with Crippen LogP contribution in [0.5, 0.6) is 0 Å². The molecule has 0 aliphatic heterocycles. The number of nitrogens with one attached hydrogen (secondary N) is 2. The van der Waals surface area contributed by atoms with Crippen molar-refractivity contribution in [2.24, 2.45) is 0 Å². The Labute approximate surface area is 152 Å². The summed E-state index contributed by atoms with van der Waals surface area (Å²) >= 11 is 0. The van der Waals surface area contributed by atoms with Gasteiger partial charge in [0.15, 0.2) is 0 Å². The van der Waals surface area contributed by atoms with Gasteiger partial charge in [-0.3, -0.25) is 9.78 Å². The third-order valence-corrected chi connectivity index (χ3v) is 4.03. The van der Waals surface area contributed by atoms with E-state index in [4.69, 9.17) is 5.73 Å². The van der Waals surface area contributed by atoms with E-state index in [-0.39, 0.29) is 11.9 Å². The van der Waals surface area contributed by atoms with Gasteiger partial charge in [-0.15, -0.1) is 0 Å². The molecular formula is C19H22N6O. The molecule has 0 aliphatic carbocycles. The van der Waals surface area contributed by atoms with E-state index < -0.39 is 0 Å². The Kier molecular flexibility index (Phi) is 5.58. The lowest BCUT2D eigenvalue weighted by Crippen LogP contribution is -2.25. The van der Waals surface area contributed by atoms with E-state index in [9.17, 15) is 4.79 Å². The van der Waals surface area contributed by atoms with Crippen molar-refractivity contribution in [1.29, 1.82) is 0 Å². The molecule has 0 spiro atoms. The minimum atomic E-state index is -0.154. The third kappa shape index (κ3) is 4.24. The molecule has 0 bridgehead atoms. The fourth-order valence-electron chi connectivity index (χ4n) is 2.75. The molecule has 0 saturated heterocycles. The number of hydrogen-bond donors (Lipinski definition) is 3. The van der Waals surface area contributed by atoms with Gasteiger partial charge in [0, 0.05) is 36.9 Å². The fourth-order valence-corrected chi connectivity index (χ4v) is 2.75. The van der Waals surface area contributed by atoms with Crippen LogP contribution in [0.1, 0.15) is 35.0 Å². The minimum absolute atomic E-state index is 0.154. The molecule has 1 amide bonds. The topological polar surface area (TPSA) is 110 Å². The summed E-state index contributed by atoms with van der Waals surface area (Å²) in [5.41, 5.74) is 9.93. The van der Waals surface area contributed by atoms with Gasteiger partial charge in [-0.05, 0) is 36.1 Å². The molecule has 3 rings (SSSR count). The summed E-state index contributed by atoms with van der Waals surface area (Å²) in [6.45, 7) is 2.64. The fraction of sp³-hybridized carbons (Fsp3) is 0.263. The maximum Gasteiger partial charge on any atom is 0.267 e. The number of aromatic amines is 1. The quantitative estimate of drug-likeness (QED) is 0.606. The summed E-state index contributed by atoms with van der Waals surface area (Å²) in [6, 6.07) is 5.66. The van der Waals surface area contributed by atoms with Crippen molar-refractivity contribution in [3.63, 3.8) is 0 Å². The standard InChI is InChI=1S/C19H22N6O/c1-2-4-14-11-24-19(20)25-17(14)15-9-16(23-12-15)18(26)22-8-6-13-5-3-7-21-10-13/h3,5,7,9-12,23H,2,4,6,8H2,1H3,(H,22,26)(H2,20,24,25). The Morgan fingerprint density at radius 1 is 1.31 bits per heavy atom. The van der Waals surface area contributed by atoms with E-state index in [0.29, 0.717) is 12.2 Å². The van der Waals surface area contributed by atoms with Gasteiger partial charge in [0.1, 0.15) is 5.69 Å². The van der Waals surface area contributed by atoms with Crippen LogP contribution in [-0.2, 0) is 12.8 Å². The molecular weight excluding hydrogens is 328 g/mol. The largest absolute Gasteiger partial charge is 0.368 e. The number of aryl methyl sites for hydroxylation is 1. The number of carbonyl (C=O) groups is 1. The molecule has 0 saturated carbocycles.